The molecule has 5 heteroatoms. The number of hydrogen-bond acceptors (Lipinski definition) is 4. The molecule has 4 rings (SSSR count). The van der Waals surface area contributed by atoms with Crippen LogP contribution in [-0.4, -0.2) is 10.9 Å². The highest BCUT2D eigenvalue weighted by Crippen LogP contribution is 2.17. The zero-order valence-electron chi connectivity index (χ0n) is 16.3. The standard InChI is InChI=1S/C24H21N3O2/c1-3-17-9-7-11-19(14-17)26-24-20(15-18-10-4-5-12-21(18)29-24)23(28)27-22-13-6-8-16(2)25-22/h4-15H,3H2,1-2H3,(H,25,27,28). The fraction of sp³-hybridized carbons (Fsp3) is 0.125. The molecule has 0 saturated heterocycles. The maximum atomic E-state index is 13.0. The van der Waals surface area contributed by atoms with E-state index in [9.17, 15) is 4.79 Å². The van der Waals surface area contributed by atoms with Crippen molar-refractivity contribution in [3.8, 4) is 0 Å². The molecule has 1 amide bonds. The minimum absolute atomic E-state index is 0.266. The molecule has 0 unspecified atom stereocenters. The van der Waals surface area contributed by atoms with Gasteiger partial charge in [-0.25, -0.2) is 9.98 Å². The first-order valence-corrected chi connectivity index (χ1v) is 9.54. The van der Waals surface area contributed by atoms with Crippen molar-refractivity contribution >= 4 is 28.4 Å². The molecule has 5 nitrogen and oxygen atoms in total. The number of para-hydroxylation sites is 1. The number of anilines is 1. The third kappa shape index (κ3) is 4.24. The van der Waals surface area contributed by atoms with Crippen molar-refractivity contribution in [3.05, 3.63) is 95.2 Å². The monoisotopic (exact) mass is 383 g/mol. The van der Waals surface area contributed by atoms with Crippen molar-refractivity contribution in [3.63, 3.8) is 0 Å². The summed E-state index contributed by atoms with van der Waals surface area (Å²) in [4.78, 5) is 22.0. The summed E-state index contributed by atoms with van der Waals surface area (Å²) in [7, 11) is 0. The number of amides is 1. The number of aryl methyl sites for hydroxylation is 2. The Bertz CT molecular complexity index is 1260. The van der Waals surface area contributed by atoms with Gasteiger partial charge in [0, 0.05) is 11.1 Å². The van der Waals surface area contributed by atoms with Gasteiger partial charge in [-0.2, -0.15) is 0 Å². The van der Waals surface area contributed by atoms with Crippen LogP contribution >= 0.6 is 0 Å². The summed E-state index contributed by atoms with van der Waals surface area (Å²) in [5, 5.41) is 3.67. The first-order valence-electron chi connectivity index (χ1n) is 9.54. The largest absolute Gasteiger partial charge is 0.438 e. The van der Waals surface area contributed by atoms with Crippen LogP contribution in [0.5, 0.6) is 0 Å². The van der Waals surface area contributed by atoms with Crippen LogP contribution in [0.2, 0.25) is 0 Å². The summed E-state index contributed by atoms with van der Waals surface area (Å²) >= 11 is 0. The van der Waals surface area contributed by atoms with Crippen LogP contribution in [0.3, 0.4) is 0 Å². The molecule has 0 aliphatic rings. The molecule has 0 fully saturated rings. The predicted octanol–water partition coefficient (Wildman–Crippen LogP) is 5.18. The van der Waals surface area contributed by atoms with E-state index in [0.29, 0.717) is 17.0 Å². The molecule has 0 aliphatic carbocycles. The zero-order valence-corrected chi connectivity index (χ0v) is 16.3. The van der Waals surface area contributed by atoms with Gasteiger partial charge < -0.3 is 9.73 Å². The molecule has 2 aromatic heterocycles. The van der Waals surface area contributed by atoms with Crippen LogP contribution in [0.25, 0.3) is 11.0 Å². The number of carbonyl (C=O) groups excluding carboxylic acids is 1. The van der Waals surface area contributed by atoms with Gasteiger partial charge in [-0.05, 0) is 55.3 Å². The summed E-state index contributed by atoms with van der Waals surface area (Å²) in [5.41, 5.74) is 4.03. The highest BCUT2D eigenvalue weighted by atomic mass is 16.3. The van der Waals surface area contributed by atoms with E-state index in [0.717, 1.165) is 23.2 Å². The van der Waals surface area contributed by atoms with Gasteiger partial charge in [0.2, 0.25) is 5.55 Å². The molecular formula is C24H21N3O2. The van der Waals surface area contributed by atoms with Gasteiger partial charge in [-0.15, -0.1) is 0 Å². The molecule has 0 radical (unpaired) electrons. The van der Waals surface area contributed by atoms with Crippen molar-refractivity contribution < 1.29 is 9.21 Å². The number of pyridine rings is 1. The molecule has 1 N–H and O–H groups in total. The van der Waals surface area contributed by atoms with E-state index < -0.39 is 0 Å². The molecule has 0 bridgehead atoms. The SMILES string of the molecule is CCc1cccc(N=c2oc3ccccc3cc2C(=O)Nc2cccc(C)n2)c1. The fourth-order valence-electron chi connectivity index (χ4n) is 3.07. The molecule has 29 heavy (non-hydrogen) atoms. The van der Waals surface area contributed by atoms with Gasteiger partial charge in [-0.3, -0.25) is 4.79 Å². The highest BCUT2D eigenvalue weighted by molar-refractivity contribution is 6.04. The lowest BCUT2D eigenvalue weighted by Crippen LogP contribution is -2.22. The van der Waals surface area contributed by atoms with Gasteiger partial charge in [0.15, 0.2) is 0 Å². The van der Waals surface area contributed by atoms with E-state index in [-0.39, 0.29) is 11.5 Å². The fourth-order valence-corrected chi connectivity index (χ4v) is 3.07. The van der Waals surface area contributed by atoms with Crippen molar-refractivity contribution in [2.45, 2.75) is 20.3 Å². The predicted molar refractivity (Wildman–Crippen MR) is 114 cm³/mol. The molecule has 0 aliphatic heterocycles. The second kappa shape index (κ2) is 8.10. The lowest BCUT2D eigenvalue weighted by Gasteiger charge is -2.07. The highest BCUT2D eigenvalue weighted by Gasteiger charge is 2.14. The number of nitrogens with one attached hydrogen (secondary N) is 1. The number of fused-ring (bicyclic) bond motifs is 1. The molecule has 2 aromatic carbocycles. The second-order valence-corrected chi connectivity index (χ2v) is 6.76. The number of carbonyl (C=O) groups is 1. The maximum Gasteiger partial charge on any atom is 0.262 e. The zero-order chi connectivity index (χ0) is 20.2. The topological polar surface area (TPSA) is 67.5 Å². The molecule has 0 spiro atoms. The summed E-state index contributed by atoms with van der Waals surface area (Å²) in [5.74, 6) is 0.171. The summed E-state index contributed by atoms with van der Waals surface area (Å²) in [6.07, 6.45) is 0.907. The van der Waals surface area contributed by atoms with Crippen LogP contribution in [0.1, 0.15) is 28.5 Å². The minimum Gasteiger partial charge on any atom is -0.438 e. The summed E-state index contributed by atoms with van der Waals surface area (Å²) < 4.78 is 6.01. The first-order chi connectivity index (χ1) is 14.1. The lowest BCUT2D eigenvalue weighted by molar-refractivity contribution is 0.102. The smallest absolute Gasteiger partial charge is 0.262 e. The van der Waals surface area contributed by atoms with Crippen molar-refractivity contribution in [1.82, 2.24) is 4.98 Å². The molecule has 0 saturated carbocycles. The van der Waals surface area contributed by atoms with Gasteiger partial charge >= 0.3 is 0 Å². The second-order valence-electron chi connectivity index (χ2n) is 6.76. The summed E-state index contributed by atoms with van der Waals surface area (Å²) in [6.45, 7) is 3.97. The van der Waals surface area contributed by atoms with Crippen LogP contribution in [0.4, 0.5) is 11.5 Å². The first kappa shape index (κ1) is 18.6. The number of nitrogens with zero attached hydrogens (tertiary/aromatic N) is 2. The normalized spacial score (nSPS) is 11.6. The third-order valence-corrected chi connectivity index (χ3v) is 4.58. The van der Waals surface area contributed by atoms with Gasteiger partial charge in [0.1, 0.15) is 17.0 Å². The minimum atomic E-state index is -0.317. The molecule has 144 valence electrons. The van der Waals surface area contributed by atoms with Crippen LogP contribution in [0, 0.1) is 6.92 Å². The van der Waals surface area contributed by atoms with E-state index in [1.807, 2.05) is 67.6 Å². The molecule has 0 atom stereocenters. The lowest BCUT2D eigenvalue weighted by atomic mass is 10.1. The van der Waals surface area contributed by atoms with E-state index >= 15 is 0 Å². The van der Waals surface area contributed by atoms with E-state index in [2.05, 4.69) is 22.2 Å². The number of hydrogen-bond donors (Lipinski definition) is 1. The Morgan fingerprint density at radius 2 is 1.86 bits per heavy atom. The van der Waals surface area contributed by atoms with Crippen LogP contribution in [-0.2, 0) is 6.42 Å². The molecular weight excluding hydrogens is 362 g/mol. The van der Waals surface area contributed by atoms with Gasteiger partial charge in [0.05, 0.1) is 5.69 Å². The third-order valence-electron chi connectivity index (χ3n) is 4.58. The quantitative estimate of drug-likeness (QED) is 0.528. The number of aromatic nitrogens is 1. The van der Waals surface area contributed by atoms with E-state index in [1.165, 1.54) is 5.56 Å². The molecule has 4 aromatic rings. The van der Waals surface area contributed by atoms with Gasteiger partial charge in [-0.1, -0.05) is 43.3 Å². The molecule has 2 heterocycles. The maximum absolute atomic E-state index is 13.0. The Kier molecular flexibility index (Phi) is 5.20. The number of rotatable bonds is 4. The van der Waals surface area contributed by atoms with Crippen molar-refractivity contribution in [2.24, 2.45) is 4.99 Å². The summed E-state index contributed by atoms with van der Waals surface area (Å²) in [6, 6.07) is 22.7. The Morgan fingerprint density at radius 1 is 1.03 bits per heavy atom. The number of benzene rings is 2. The average molecular weight is 383 g/mol. The van der Waals surface area contributed by atoms with Crippen LogP contribution in [0.15, 0.2) is 82.2 Å². The Hall–Kier alpha value is -3.73. The Labute approximate surface area is 168 Å². The van der Waals surface area contributed by atoms with Gasteiger partial charge in [0.25, 0.3) is 5.91 Å². The van der Waals surface area contributed by atoms with Crippen LogP contribution < -0.4 is 10.9 Å². The van der Waals surface area contributed by atoms with E-state index in [4.69, 9.17) is 4.42 Å². The van der Waals surface area contributed by atoms with E-state index in [1.54, 1.807) is 12.1 Å². The Morgan fingerprint density at radius 3 is 2.69 bits per heavy atom. The average Bonchev–Trinajstić information content (AvgIpc) is 2.73. The van der Waals surface area contributed by atoms with Crippen molar-refractivity contribution in [2.75, 3.05) is 5.32 Å². The van der Waals surface area contributed by atoms with Crippen molar-refractivity contribution in [1.29, 1.82) is 0 Å². The Balaban J connectivity index is 1.83.